The summed E-state index contributed by atoms with van der Waals surface area (Å²) in [5.41, 5.74) is -0.488. The van der Waals surface area contributed by atoms with Crippen molar-refractivity contribution in [3.63, 3.8) is 0 Å². The number of nitrogens with zero attached hydrogens (tertiary/aromatic N) is 1. The topological polar surface area (TPSA) is 72.9 Å². The van der Waals surface area contributed by atoms with Gasteiger partial charge in [-0.25, -0.2) is 4.79 Å². The van der Waals surface area contributed by atoms with Gasteiger partial charge in [0.2, 0.25) is 0 Å². The van der Waals surface area contributed by atoms with Gasteiger partial charge in [0.25, 0.3) is 0 Å². The van der Waals surface area contributed by atoms with Crippen LogP contribution in [0.15, 0.2) is 11.6 Å². The molecule has 1 atom stereocenters. The van der Waals surface area contributed by atoms with Crippen LogP contribution in [-0.2, 0) is 24.0 Å². The fourth-order valence-electron chi connectivity index (χ4n) is 2.33. The van der Waals surface area contributed by atoms with E-state index in [0.717, 1.165) is 9.88 Å². The first-order chi connectivity index (χ1) is 9.79. The first-order valence-corrected chi connectivity index (χ1v) is 8.75. The smallest absolute Gasteiger partial charge is 0.340 e. The summed E-state index contributed by atoms with van der Waals surface area (Å²) in [6.07, 6.45) is 1.77. The number of rotatable bonds is 4. The van der Waals surface area contributed by atoms with E-state index in [1.54, 1.807) is 33.8 Å². The summed E-state index contributed by atoms with van der Waals surface area (Å²) in [7, 11) is -4.04. The van der Waals surface area contributed by atoms with Crippen molar-refractivity contribution in [3.05, 3.63) is 11.6 Å². The van der Waals surface area contributed by atoms with Gasteiger partial charge in [0.05, 0.1) is 12.2 Å². The highest BCUT2D eigenvalue weighted by molar-refractivity contribution is 7.84. The molecule has 0 aromatic rings. The second kappa shape index (κ2) is 6.29. The Morgan fingerprint density at radius 3 is 2.23 bits per heavy atom. The highest BCUT2D eigenvalue weighted by Gasteiger charge is 2.46. The molecule has 7 heteroatoms. The zero-order valence-corrected chi connectivity index (χ0v) is 15.3. The second-order valence-corrected chi connectivity index (χ2v) is 8.78. The molecule has 0 saturated carbocycles. The molecule has 128 valence electrons. The number of esters is 1. The predicted molar refractivity (Wildman–Crippen MR) is 84.4 cm³/mol. The predicted octanol–water partition coefficient (Wildman–Crippen LogP) is 2.27. The molecule has 0 unspecified atom stereocenters. The number of carbonyl (C=O) groups is 1. The molecule has 0 aromatic heterocycles. The van der Waals surface area contributed by atoms with Gasteiger partial charge in [-0.05, 0) is 38.7 Å². The van der Waals surface area contributed by atoms with Gasteiger partial charge in [0.1, 0.15) is 6.04 Å². The van der Waals surface area contributed by atoms with Crippen LogP contribution in [0.1, 0.15) is 48.5 Å². The molecule has 0 aliphatic carbocycles. The molecule has 0 amide bonds. The molecule has 1 heterocycles. The summed E-state index contributed by atoms with van der Waals surface area (Å²) < 4.78 is 36.3. The van der Waals surface area contributed by atoms with Gasteiger partial charge in [-0.15, -0.1) is 0 Å². The van der Waals surface area contributed by atoms with E-state index in [4.69, 9.17) is 8.92 Å². The van der Waals surface area contributed by atoms with E-state index in [1.807, 2.05) is 20.8 Å². The van der Waals surface area contributed by atoms with Crippen LogP contribution in [0.4, 0.5) is 0 Å². The average Bonchev–Trinajstić information content (AvgIpc) is 2.70. The van der Waals surface area contributed by atoms with Crippen LogP contribution in [0.25, 0.3) is 0 Å². The Hall–Kier alpha value is -0.920. The fraction of sp³-hybridized carbons (Fsp3) is 0.800. The molecule has 1 rings (SSSR count). The first-order valence-electron chi connectivity index (χ1n) is 7.39. The Morgan fingerprint density at radius 1 is 1.27 bits per heavy atom. The van der Waals surface area contributed by atoms with Crippen molar-refractivity contribution in [1.29, 1.82) is 0 Å². The van der Waals surface area contributed by atoms with Crippen molar-refractivity contribution in [3.8, 4) is 0 Å². The van der Waals surface area contributed by atoms with E-state index in [0.29, 0.717) is 0 Å². The van der Waals surface area contributed by atoms with Crippen molar-refractivity contribution in [2.24, 2.45) is 5.41 Å². The molecule has 0 spiro atoms. The van der Waals surface area contributed by atoms with Crippen molar-refractivity contribution in [2.75, 3.05) is 13.2 Å². The molecular weight excluding hydrogens is 306 g/mol. The van der Waals surface area contributed by atoms with Crippen LogP contribution in [0.2, 0.25) is 0 Å². The summed E-state index contributed by atoms with van der Waals surface area (Å²) >= 11 is 0. The zero-order chi connectivity index (χ0) is 17.3. The largest absolute Gasteiger partial charge is 0.465 e. The van der Waals surface area contributed by atoms with Crippen molar-refractivity contribution in [2.45, 2.75) is 60.1 Å². The SMILES string of the molecule is CCOC(=O)[C@@H]1C(C(C)(C)C)=CCN1S(=O)(=O)OC(C)(C)C. The van der Waals surface area contributed by atoms with Crippen molar-refractivity contribution < 1.29 is 22.1 Å². The van der Waals surface area contributed by atoms with Gasteiger partial charge in [0, 0.05) is 6.54 Å². The molecule has 1 aliphatic rings. The lowest BCUT2D eigenvalue weighted by atomic mass is 9.83. The maximum absolute atomic E-state index is 12.5. The molecule has 0 saturated heterocycles. The number of carbonyl (C=O) groups excluding carboxylic acids is 1. The Bertz CT molecular complexity index is 551. The molecule has 0 aromatic carbocycles. The third-order valence-corrected chi connectivity index (χ3v) is 4.74. The van der Waals surface area contributed by atoms with Gasteiger partial charge in [0.15, 0.2) is 0 Å². The monoisotopic (exact) mass is 333 g/mol. The van der Waals surface area contributed by atoms with E-state index in [2.05, 4.69) is 0 Å². The Balaban J connectivity index is 3.19. The minimum absolute atomic E-state index is 0.106. The maximum atomic E-state index is 12.5. The van der Waals surface area contributed by atoms with Gasteiger partial charge in [-0.1, -0.05) is 26.8 Å². The molecule has 1 aliphatic heterocycles. The van der Waals surface area contributed by atoms with Gasteiger partial charge < -0.3 is 4.74 Å². The number of ether oxygens (including phenoxy) is 1. The normalized spacial score (nSPS) is 20.9. The minimum atomic E-state index is -4.04. The van der Waals surface area contributed by atoms with E-state index in [1.165, 1.54) is 0 Å². The number of hydrogen-bond donors (Lipinski definition) is 0. The molecule has 22 heavy (non-hydrogen) atoms. The second-order valence-electron chi connectivity index (χ2n) is 7.29. The lowest BCUT2D eigenvalue weighted by Crippen LogP contribution is -2.47. The lowest BCUT2D eigenvalue weighted by molar-refractivity contribution is -0.146. The third-order valence-electron chi connectivity index (χ3n) is 3.09. The van der Waals surface area contributed by atoms with Crippen LogP contribution < -0.4 is 0 Å². The highest BCUT2D eigenvalue weighted by Crippen LogP contribution is 2.36. The van der Waals surface area contributed by atoms with E-state index >= 15 is 0 Å². The Kier molecular flexibility index (Phi) is 5.47. The zero-order valence-electron chi connectivity index (χ0n) is 14.5. The lowest BCUT2D eigenvalue weighted by Gasteiger charge is -2.31. The molecule has 0 bridgehead atoms. The van der Waals surface area contributed by atoms with Gasteiger partial charge in [-0.3, -0.25) is 4.18 Å². The summed E-state index contributed by atoms with van der Waals surface area (Å²) in [5.74, 6) is -0.567. The van der Waals surface area contributed by atoms with Crippen molar-refractivity contribution >= 4 is 16.3 Å². The highest BCUT2D eigenvalue weighted by atomic mass is 32.2. The molecule has 0 N–H and O–H groups in total. The van der Waals surface area contributed by atoms with E-state index in [9.17, 15) is 13.2 Å². The Morgan fingerprint density at radius 2 is 1.82 bits per heavy atom. The molecule has 0 radical (unpaired) electrons. The average molecular weight is 333 g/mol. The number of hydrogen-bond acceptors (Lipinski definition) is 5. The van der Waals surface area contributed by atoms with E-state index in [-0.39, 0.29) is 18.6 Å². The quantitative estimate of drug-likeness (QED) is 0.583. The first kappa shape index (κ1) is 19.1. The van der Waals surface area contributed by atoms with E-state index < -0.39 is 27.9 Å². The standard InChI is InChI=1S/C15H27NO5S/c1-8-20-13(17)12-11(14(2,3)4)9-10-16(12)22(18,19)21-15(5,6)7/h9,12H,8,10H2,1-7H3/t12-/m0/s1. The van der Waals surface area contributed by atoms with Crippen LogP contribution in [0.5, 0.6) is 0 Å². The molecular formula is C15H27NO5S. The maximum Gasteiger partial charge on any atom is 0.340 e. The fourth-order valence-corrected chi connectivity index (χ4v) is 3.77. The summed E-state index contributed by atoms with van der Waals surface area (Å²) in [6.45, 7) is 12.8. The van der Waals surface area contributed by atoms with Crippen LogP contribution in [0.3, 0.4) is 0 Å². The van der Waals surface area contributed by atoms with Gasteiger partial charge >= 0.3 is 16.3 Å². The Labute approximate surface area is 133 Å². The van der Waals surface area contributed by atoms with Gasteiger partial charge in [-0.2, -0.15) is 12.7 Å². The molecule has 6 nitrogen and oxygen atoms in total. The third kappa shape index (κ3) is 4.54. The van der Waals surface area contributed by atoms with Crippen LogP contribution in [-0.4, -0.2) is 43.5 Å². The van der Waals surface area contributed by atoms with Crippen molar-refractivity contribution in [1.82, 2.24) is 4.31 Å². The summed E-state index contributed by atoms with van der Waals surface area (Å²) in [6, 6.07) is -0.965. The van der Waals surface area contributed by atoms with Crippen LogP contribution in [0, 0.1) is 5.41 Å². The minimum Gasteiger partial charge on any atom is -0.465 e. The summed E-state index contributed by atoms with van der Waals surface area (Å²) in [4.78, 5) is 12.3. The molecule has 0 fully saturated rings. The summed E-state index contributed by atoms with van der Waals surface area (Å²) in [5, 5.41) is 0. The van der Waals surface area contributed by atoms with Crippen LogP contribution >= 0.6 is 0 Å².